The van der Waals surface area contributed by atoms with Gasteiger partial charge in [-0.3, -0.25) is 0 Å². The van der Waals surface area contributed by atoms with Crippen molar-refractivity contribution in [1.82, 2.24) is 0 Å². The van der Waals surface area contributed by atoms with Crippen molar-refractivity contribution in [2.75, 3.05) is 0 Å². The third-order valence-electron chi connectivity index (χ3n) is 7.57. The smallest absolute Gasteiger partial charge is 0.0839 e. The van der Waals surface area contributed by atoms with E-state index in [0.29, 0.717) is 10.8 Å². The van der Waals surface area contributed by atoms with E-state index in [1.54, 1.807) is 0 Å². The van der Waals surface area contributed by atoms with Gasteiger partial charge in [-0.05, 0) is 75.0 Å². The molecule has 2 saturated carbocycles. The van der Waals surface area contributed by atoms with Gasteiger partial charge < -0.3 is 4.74 Å². The molecule has 5 atom stereocenters. The first-order valence-electron chi connectivity index (χ1n) is 8.99. The Morgan fingerprint density at radius 2 is 1.57 bits per heavy atom. The second-order valence-electron chi connectivity index (χ2n) is 9.46. The Hall–Kier alpha value is -0.300. The van der Waals surface area contributed by atoms with Gasteiger partial charge in [-0.25, -0.2) is 0 Å². The largest absolute Gasteiger partial charge is 0.365 e. The van der Waals surface area contributed by atoms with Crippen molar-refractivity contribution in [2.24, 2.45) is 22.7 Å². The lowest BCUT2D eigenvalue weighted by Crippen LogP contribution is -2.62. The molecule has 0 aromatic carbocycles. The van der Waals surface area contributed by atoms with E-state index in [9.17, 15) is 0 Å². The summed E-state index contributed by atoms with van der Waals surface area (Å²) in [6.07, 6.45) is 11.2. The number of rotatable bonds is 1. The van der Waals surface area contributed by atoms with Crippen LogP contribution in [-0.4, -0.2) is 11.2 Å². The maximum absolute atomic E-state index is 6.68. The van der Waals surface area contributed by atoms with Crippen molar-refractivity contribution in [3.8, 4) is 0 Å². The molecule has 120 valence electrons. The van der Waals surface area contributed by atoms with Crippen LogP contribution in [0.2, 0.25) is 0 Å². The summed E-state index contributed by atoms with van der Waals surface area (Å²) in [7, 11) is 0. The van der Waals surface area contributed by atoms with Gasteiger partial charge in [-0.1, -0.05) is 33.3 Å². The molecule has 3 aliphatic rings. The first kappa shape index (κ1) is 15.6. The Labute approximate surface area is 131 Å². The molecule has 0 radical (unpaired) electrons. The molecule has 3 rings (SSSR count). The van der Waals surface area contributed by atoms with E-state index in [0.717, 1.165) is 18.3 Å². The fraction of sp³-hybridized carbons (Fsp3) is 0.900. The van der Waals surface area contributed by atoms with Gasteiger partial charge in [0.1, 0.15) is 0 Å². The van der Waals surface area contributed by atoms with Crippen molar-refractivity contribution in [2.45, 2.75) is 90.8 Å². The van der Waals surface area contributed by atoms with Crippen LogP contribution in [0.4, 0.5) is 0 Å². The van der Waals surface area contributed by atoms with E-state index in [2.05, 4.69) is 41.2 Å². The Morgan fingerprint density at radius 1 is 0.905 bits per heavy atom. The zero-order valence-electron chi connectivity index (χ0n) is 14.8. The van der Waals surface area contributed by atoms with Crippen LogP contribution in [0.25, 0.3) is 0 Å². The van der Waals surface area contributed by atoms with Crippen LogP contribution in [0.1, 0.15) is 79.6 Å². The van der Waals surface area contributed by atoms with Crippen molar-refractivity contribution in [3.63, 3.8) is 0 Å². The molecule has 1 aliphatic heterocycles. The van der Waals surface area contributed by atoms with Crippen LogP contribution in [0.15, 0.2) is 12.7 Å². The van der Waals surface area contributed by atoms with Gasteiger partial charge >= 0.3 is 0 Å². The molecular weight excluding hydrogens is 256 g/mol. The highest BCUT2D eigenvalue weighted by atomic mass is 16.5. The highest BCUT2D eigenvalue weighted by Gasteiger charge is 2.61. The minimum Gasteiger partial charge on any atom is -0.365 e. The average Bonchev–Trinajstić information content (AvgIpc) is 2.36. The van der Waals surface area contributed by atoms with Crippen LogP contribution < -0.4 is 0 Å². The second kappa shape index (κ2) is 4.60. The Morgan fingerprint density at radius 3 is 2.24 bits per heavy atom. The molecule has 0 spiro atoms. The second-order valence-corrected chi connectivity index (χ2v) is 9.46. The van der Waals surface area contributed by atoms with Crippen LogP contribution in [0.3, 0.4) is 0 Å². The summed E-state index contributed by atoms with van der Waals surface area (Å²) < 4.78 is 6.68. The maximum atomic E-state index is 6.68. The lowest BCUT2D eigenvalue weighted by atomic mass is 9.44. The maximum Gasteiger partial charge on any atom is 0.0839 e. The molecule has 0 N–H and O–H groups in total. The summed E-state index contributed by atoms with van der Waals surface area (Å²) in [5, 5.41) is 0. The molecule has 0 unspecified atom stereocenters. The van der Waals surface area contributed by atoms with E-state index in [4.69, 9.17) is 4.74 Å². The third kappa shape index (κ3) is 2.22. The van der Waals surface area contributed by atoms with Crippen molar-refractivity contribution < 1.29 is 4.74 Å². The molecule has 21 heavy (non-hydrogen) atoms. The summed E-state index contributed by atoms with van der Waals surface area (Å²) in [6, 6.07) is 0. The van der Waals surface area contributed by atoms with Crippen molar-refractivity contribution in [1.29, 1.82) is 0 Å². The van der Waals surface area contributed by atoms with Gasteiger partial charge in [0.2, 0.25) is 0 Å². The van der Waals surface area contributed by atoms with E-state index < -0.39 is 0 Å². The summed E-state index contributed by atoms with van der Waals surface area (Å²) in [5.41, 5.74) is 0.920. The van der Waals surface area contributed by atoms with E-state index in [-0.39, 0.29) is 11.2 Å². The highest BCUT2D eigenvalue weighted by molar-refractivity contribution is 5.12. The van der Waals surface area contributed by atoms with Crippen LogP contribution in [0, 0.1) is 22.7 Å². The average molecular weight is 290 g/mol. The highest BCUT2D eigenvalue weighted by Crippen LogP contribution is 2.65. The fourth-order valence-electron chi connectivity index (χ4n) is 6.52. The van der Waals surface area contributed by atoms with Crippen molar-refractivity contribution in [3.05, 3.63) is 12.7 Å². The Balaban J connectivity index is 1.94. The van der Waals surface area contributed by atoms with E-state index in [1.807, 2.05) is 6.08 Å². The zero-order valence-corrected chi connectivity index (χ0v) is 14.8. The van der Waals surface area contributed by atoms with Gasteiger partial charge in [-0.15, -0.1) is 6.58 Å². The third-order valence-corrected chi connectivity index (χ3v) is 7.57. The molecular formula is C20H34O. The minimum atomic E-state index is -0.112. The first-order valence-corrected chi connectivity index (χ1v) is 8.99. The van der Waals surface area contributed by atoms with E-state index >= 15 is 0 Å². The first-order chi connectivity index (χ1) is 9.65. The number of fused-ring (bicyclic) bond motifs is 3. The number of ether oxygens (including phenoxy) is 1. The number of hydrogen-bond acceptors (Lipinski definition) is 1. The Kier molecular flexibility index (Phi) is 3.41. The monoisotopic (exact) mass is 290 g/mol. The number of hydrogen-bond donors (Lipinski definition) is 0. The van der Waals surface area contributed by atoms with Gasteiger partial charge in [-0.2, -0.15) is 0 Å². The van der Waals surface area contributed by atoms with Crippen molar-refractivity contribution >= 4 is 0 Å². The zero-order chi connectivity index (χ0) is 15.5. The predicted octanol–water partition coefficient (Wildman–Crippen LogP) is 5.74. The van der Waals surface area contributed by atoms with Gasteiger partial charge in [0, 0.05) is 0 Å². The molecule has 1 nitrogen and oxygen atoms in total. The SMILES string of the molecule is C=C[C@@]1(C)CC[C@@H]2[C@]3(C)CCCC(C)(C)[C@H]3CC[C@]2(C)O1. The van der Waals surface area contributed by atoms with Gasteiger partial charge in [0.25, 0.3) is 0 Å². The quantitative estimate of drug-likeness (QED) is 0.559. The van der Waals surface area contributed by atoms with Crippen LogP contribution in [0.5, 0.6) is 0 Å². The lowest BCUT2D eigenvalue weighted by molar-refractivity contribution is -0.252. The predicted molar refractivity (Wildman–Crippen MR) is 89.3 cm³/mol. The summed E-state index contributed by atoms with van der Waals surface area (Å²) in [6.45, 7) is 16.2. The van der Waals surface area contributed by atoms with Gasteiger partial charge in [0.05, 0.1) is 11.2 Å². The summed E-state index contributed by atoms with van der Waals surface area (Å²) >= 11 is 0. The fourth-order valence-corrected chi connectivity index (χ4v) is 6.52. The normalized spacial score (nSPS) is 52.6. The Bertz CT molecular complexity index is 439. The lowest BCUT2D eigenvalue weighted by Gasteiger charge is -2.65. The van der Waals surface area contributed by atoms with E-state index in [1.165, 1.54) is 38.5 Å². The molecule has 1 saturated heterocycles. The topological polar surface area (TPSA) is 9.23 Å². The standard InChI is InChI=1S/C20H34O/c1-7-18(4)13-9-16-19(5)12-8-11-17(2,3)15(19)10-14-20(16,6)21-18/h7,15-16H,1,8-14H2,2-6H3/t15-,16-,18+,19-,20+/m1/s1. The molecule has 2 aliphatic carbocycles. The molecule has 0 bridgehead atoms. The van der Waals surface area contributed by atoms with Crippen LogP contribution >= 0.6 is 0 Å². The minimum absolute atomic E-state index is 0.0554. The summed E-state index contributed by atoms with van der Waals surface area (Å²) in [5.74, 6) is 1.59. The molecule has 1 heterocycles. The molecule has 0 amide bonds. The molecule has 0 aromatic rings. The molecule has 0 aromatic heterocycles. The molecule has 1 heteroatoms. The summed E-state index contributed by atoms with van der Waals surface area (Å²) in [4.78, 5) is 0. The molecule has 3 fully saturated rings. The van der Waals surface area contributed by atoms with Gasteiger partial charge in [0.15, 0.2) is 0 Å². The van der Waals surface area contributed by atoms with Crippen LogP contribution in [-0.2, 0) is 4.74 Å².